The van der Waals surface area contributed by atoms with Crippen molar-refractivity contribution >= 4 is 40.7 Å². The van der Waals surface area contributed by atoms with Crippen LogP contribution in [0.4, 0.5) is 0 Å². The van der Waals surface area contributed by atoms with Crippen LogP contribution >= 0.6 is 34.8 Å². The Kier molecular flexibility index (Phi) is 5.73. The summed E-state index contributed by atoms with van der Waals surface area (Å²) in [5.74, 6) is -0.345. The minimum Gasteiger partial charge on any atom is -0.370 e. The van der Waals surface area contributed by atoms with E-state index in [2.05, 4.69) is 5.32 Å². The van der Waals surface area contributed by atoms with Gasteiger partial charge in [-0.15, -0.1) is 0 Å². The molecule has 0 aliphatic carbocycles. The maximum absolute atomic E-state index is 10.8. The van der Waals surface area contributed by atoms with Gasteiger partial charge in [0, 0.05) is 18.5 Å². The molecule has 1 aromatic rings. The quantitative estimate of drug-likeness (QED) is 0.817. The third kappa shape index (κ3) is 4.02. The van der Waals surface area contributed by atoms with E-state index < -0.39 is 0 Å². The molecule has 0 aromatic heterocycles. The zero-order valence-corrected chi connectivity index (χ0v) is 12.4. The minimum absolute atomic E-state index is 0.0389. The molecule has 0 saturated heterocycles. The van der Waals surface area contributed by atoms with Crippen LogP contribution in [0.1, 0.15) is 31.9 Å². The molecule has 3 nitrogen and oxygen atoms in total. The summed E-state index contributed by atoms with van der Waals surface area (Å²) in [7, 11) is 0. The van der Waals surface area contributed by atoms with Gasteiger partial charge in [0.2, 0.25) is 5.91 Å². The lowest BCUT2D eigenvalue weighted by molar-refractivity contribution is -0.118. The number of halogens is 3. The highest BCUT2D eigenvalue weighted by Crippen LogP contribution is 2.35. The Labute approximate surface area is 122 Å². The van der Waals surface area contributed by atoms with Crippen LogP contribution in [0.25, 0.3) is 0 Å². The molecule has 0 saturated carbocycles. The Morgan fingerprint density at radius 3 is 2.44 bits per heavy atom. The number of amides is 1. The largest absolute Gasteiger partial charge is 0.370 e. The van der Waals surface area contributed by atoms with Crippen molar-refractivity contribution in [1.29, 1.82) is 0 Å². The van der Waals surface area contributed by atoms with Crippen molar-refractivity contribution in [1.82, 2.24) is 5.32 Å². The second-order valence-corrected chi connectivity index (χ2v) is 5.39. The first-order valence-electron chi connectivity index (χ1n) is 5.50. The van der Waals surface area contributed by atoms with Gasteiger partial charge in [-0.1, -0.05) is 40.9 Å². The van der Waals surface area contributed by atoms with Gasteiger partial charge in [-0.05, 0) is 25.5 Å². The van der Waals surface area contributed by atoms with Crippen LogP contribution in [0, 0.1) is 0 Å². The number of rotatable bonds is 5. The highest BCUT2D eigenvalue weighted by Gasteiger charge is 2.16. The van der Waals surface area contributed by atoms with Gasteiger partial charge in [-0.25, -0.2) is 0 Å². The Balaban J connectivity index is 2.81. The van der Waals surface area contributed by atoms with Crippen LogP contribution in [-0.2, 0) is 4.79 Å². The number of hydrogen-bond acceptors (Lipinski definition) is 2. The molecule has 2 atom stereocenters. The number of carbonyl (C=O) groups excluding carboxylic acids is 1. The van der Waals surface area contributed by atoms with Gasteiger partial charge >= 0.3 is 0 Å². The van der Waals surface area contributed by atoms with E-state index in [0.29, 0.717) is 15.1 Å². The summed E-state index contributed by atoms with van der Waals surface area (Å²) in [5, 5.41) is 4.41. The molecule has 100 valence electrons. The average molecular weight is 310 g/mol. The van der Waals surface area contributed by atoms with Crippen LogP contribution in [0.5, 0.6) is 0 Å². The fraction of sp³-hybridized carbons (Fsp3) is 0.417. The van der Waals surface area contributed by atoms with Crippen LogP contribution in [0.15, 0.2) is 12.1 Å². The highest BCUT2D eigenvalue weighted by atomic mass is 35.5. The number of primary amides is 1. The summed E-state index contributed by atoms with van der Waals surface area (Å²) < 4.78 is 0. The molecular weight excluding hydrogens is 295 g/mol. The topological polar surface area (TPSA) is 55.1 Å². The highest BCUT2D eigenvalue weighted by molar-refractivity contribution is 6.48. The first kappa shape index (κ1) is 15.6. The van der Waals surface area contributed by atoms with E-state index in [1.807, 2.05) is 19.9 Å². The summed E-state index contributed by atoms with van der Waals surface area (Å²) in [4.78, 5) is 10.8. The van der Waals surface area contributed by atoms with E-state index in [4.69, 9.17) is 40.5 Å². The van der Waals surface area contributed by atoms with Gasteiger partial charge in [0.05, 0.1) is 15.1 Å². The molecule has 1 aromatic carbocycles. The molecule has 0 bridgehead atoms. The van der Waals surface area contributed by atoms with E-state index in [1.54, 1.807) is 6.07 Å². The third-order valence-electron chi connectivity index (χ3n) is 2.57. The molecule has 18 heavy (non-hydrogen) atoms. The number of hydrogen-bond donors (Lipinski definition) is 2. The smallest absolute Gasteiger partial charge is 0.218 e. The van der Waals surface area contributed by atoms with Gasteiger partial charge in [0.25, 0.3) is 0 Å². The average Bonchev–Trinajstić information content (AvgIpc) is 2.24. The summed E-state index contributed by atoms with van der Waals surface area (Å²) in [5.41, 5.74) is 5.97. The molecule has 6 heteroatoms. The Morgan fingerprint density at radius 1 is 1.28 bits per heavy atom. The molecule has 1 amide bonds. The van der Waals surface area contributed by atoms with Gasteiger partial charge in [0.15, 0.2) is 0 Å². The number of carbonyl (C=O) groups is 1. The Hall–Kier alpha value is -0.480. The molecule has 0 spiro atoms. The van der Waals surface area contributed by atoms with Crippen LogP contribution in [0.2, 0.25) is 15.1 Å². The Bertz CT molecular complexity index is 451. The van der Waals surface area contributed by atoms with Gasteiger partial charge < -0.3 is 11.1 Å². The van der Waals surface area contributed by atoms with Crippen molar-refractivity contribution in [2.24, 2.45) is 5.73 Å². The molecule has 1 rings (SSSR count). The maximum Gasteiger partial charge on any atom is 0.218 e. The molecule has 0 heterocycles. The molecule has 3 N–H and O–H groups in total. The molecule has 0 radical (unpaired) electrons. The zero-order valence-electron chi connectivity index (χ0n) is 10.1. The van der Waals surface area contributed by atoms with E-state index in [1.165, 1.54) is 0 Å². The van der Waals surface area contributed by atoms with Crippen molar-refractivity contribution in [2.45, 2.75) is 32.4 Å². The van der Waals surface area contributed by atoms with E-state index in [0.717, 1.165) is 5.56 Å². The second kappa shape index (κ2) is 6.62. The number of nitrogens with one attached hydrogen (secondary N) is 1. The van der Waals surface area contributed by atoms with Crippen molar-refractivity contribution in [2.75, 3.05) is 0 Å². The SMILES string of the molecule is CC(CC(N)=O)NC(C)c1ccc(Cl)c(Cl)c1Cl. The van der Waals surface area contributed by atoms with Crippen molar-refractivity contribution in [3.05, 3.63) is 32.8 Å². The second-order valence-electron chi connectivity index (χ2n) is 4.22. The summed E-state index contributed by atoms with van der Waals surface area (Å²) in [6.45, 7) is 3.82. The van der Waals surface area contributed by atoms with E-state index in [-0.39, 0.29) is 24.4 Å². The number of nitrogens with two attached hydrogens (primary N) is 1. The first-order chi connectivity index (χ1) is 8.32. The van der Waals surface area contributed by atoms with E-state index >= 15 is 0 Å². The molecule has 0 fully saturated rings. The fourth-order valence-electron chi connectivity index (χ4n) is 1.75. The Morgan fingerprint density at radius 2 is 1.89 bits per heavy atom. The monoisotopic (exact) mass is 308 g/mol. The van der Waals surface area contributed by atoms with Crippen molar-refractivity contribution in [3.8, 4) is 0 Å². The third-order valence-corrected chi connectivity index (χ3v) is 3.88. The molecule has 0 aliphatic heterocycles. The van der Waals surface area contributed by atoms with Gasteiger partial charge in [0.1, 0.15) is 0 Å². The lowest BCUT2D eigenvalue weighted by atomic mass is 10.1. The van der Waals surface area contributed by atoms with Gasteiger partial charge in [-0.2, -0.15) is 0 Å². The summed E-state index contributed by atoms with van der Waals surface area (Å²) >= 11 is 18.0. The van der Waals surface area contributed by atoms with Crippen LogP contribution in [-0.4, -0.2) is 11.9 Å². The zero-order chi connectivity index (χ0) is 13.9. The predicted molar refractivity (Wildman–Crippen MR) is 76.3 cm³/mol. The lowest BCUT2D eigenvalue weighted by Crippen LogP contribution is -2.33. The van der Waals surface area contributed by atoms with Crippen LogP contribution < -0.4 is 11.1 Å². The summed E-state index contributed by atoms with van der Waals surface area (Å²) in [6, 6.07) is 3.41. The lowest BCUT2D eigenvalue weighted by Gasteiger charge is -2.21. The van der Waals surface area contributed by atoms with E-state index in [9.17, 15) is 4.79 Å². The predicted octanol–water partition coefficient (Wildman–Crippen LogP) is 3.56. The number of benzene rings is 1. The minimum atomic E-state index is -0.345. The van der Waals surface area contributed by atoms with Gasteiger partial charge in [-0.3, -0.25) is 4.79 Å². The summed E-state index contributed by atoms with van der Waals surface area (Å²) in [6.07, 6.45) is 0.267. The first-order valence-corrected chi connectivity index (χ1v) is 6.64. The molecule has 0 aliphatic rings. The standard InChI is InChI=1S/C12H15Cl3N2O/c1-6(5-10(16)18)17-7(2)8-3-4-9(13)12(15)11(8)14/h3-4,6-7,17H,5H2,1-2H3,(H2,16,18). The van der Waals surface area contributed by atoms with Crippen molar-refractivity contribution in [3.63, 3.8) is 0 Å². The molecular formula is C12H15Cl3N2O. The van der Waals surface area contributed by atoms with Crippen LogP contribution in [0.3, 0.4) is 0 Å². The molecule has 2 unspecified atom stereocenters. The fourth-order valence-corrected chi connectivity index (χ4v) is 2.46. The van der Waals surface area contributed by atoms with Crippen molar-refractivity contribution < 1.29 is 4.79 Å². The maximum atomic E-state index is 10.8. The normalized spacial score (nSPS) is 14.3.